The van der Waals surface area contributed by atoms with Gasteiger partial charge >= 0.3 is 0 Å². The number of methoxy groups -OCH3 is 1. The van der Waals surface area contributed by atoms with Gasteiger partial charge in [-0.15, -0.1) is 5.53 Å². The lowest BCUT2D eigenvalue weighted by molar-refractivity contribution is 0.102. The van der Waals surface area contributed by atoms with E-state index in [1.807, 2.05) is 57.1 Å². The third kappa shape index (κ3) is 8.41. The summed E-state index contributed by atoms with van der Waals surface area (Å²) in [7, 11) is -0.0718. The molecule has 1 atom stereocenters. The van der Waals surface area contributed by atoms with E-state index in [-0.39, 0.29) is 28.8 Å². The second-order valence-corrected chi connectivity index (χ2v) is 16.2. The average molecular weight is 716 g/mol. The van der Waals surface area contributed by atoms with Crippen molar-refractivity contribution in [3.8, 4) is 5.75 Å². The number of benzene rings is 3. The molecule has 13 nitrogen and oxygen atoms in total. The summed E-state index contributed by atoms with van der Waals surface area (Å²) in [5.41, 5.74) is 12.1. The van der Waals surface area contributed by atoms with Crippen molar-refractivity contribution in [1.82, 2.24) is 25.7 Å². The van der Waals surface area contributed by atoms with Crippen molar-refractivity contribution in [1.29, 1.82) is 0 Å². The molecule has 3 aromatic carbocycles. The molecule has 51 heavy (non-hydrogen) atoms. The Labute approximate surface area is 301 Å². The lowest BCUT2D eigenvalue weighted by atomic mass is 9.86. The highest BCUT2D eigenvalue weighted by molar-refractivity contribution is 7.92. The summed E-state index contributed by atoms with van der Waals surface area (Å²) in [6.07, 6.45) is 3.07. The second-order valence-electron chi connectivity index (χ2n) is 14.4. The fourth-order valence-electron chi connectivity index (χ4n) is 6.54. The van der Waals surface area contributed by atoms with Crippen LogP contribution >= 0.6 is 0 Å². The van der Waals surface area contributed by atoms with Gasteiger partial charge in [-0.3, -0.25) is 19.4 Å². The Hall–Kier alpha value is -4.79. The first-order chi connectivity index (χ1) is 24.2. The standard InChI is InChI=1S/C37H49N9O4S/c1-25-13-14-27(35(47)38-29-20-28(37(2,3)4)21-30(34(29)50-6)41-51(7,48)49)19-33(25)46-24-32(40-42-46)31-23-43(5)36(39-31)45-17-15-44(16-18-45)22-26-11-9-8-10-12-26/h8-14,19-21,24,31,40-42H,15-18,22-23H2,1-7H3,(H,38,47). The lowest BCUT2D eigenvalue weighted by Crippen LogP contribution is -2.51. The molecule has 1 amide bonds. The molecule has 3 aliphatic rings. The molecule has 4 N–H and O–H groups in total. The van der Waals surface area contributed by atoms with Gasteiger partial charge in [0.25, 0.3) is 5.91 Å². The van der Waals surface area contributed by atoms with Gasteiger partial charge in [-0.25, -0.2) is 13.4 Å². The normalized spacial score (nSPS) is 18.3. The van der Waals surface area contributed by atoms with Crippen molar-refractivity contribution >= 4 is 39.0 Å². The SMILES string of the molecule is COc1c(NC(=O)c2ccc(C)c(N3C=C(C4CN(C)C(N5CCN(Cc6ccccc6)CC5)=N4)NN3)c2)cc(C(C)(C)C)cc1NS(C)(=O)=O. The average Bonchev–Trinajstić information content (AvgIpc) is 3.72. The Morgan fingerprint density at radius 1 is 1.02 bits per heavy atom. The van der Waals surface area contributed by atoms with Crippen LogP contribution < -0.4 is 30.7 Å². The van der Waals surface area contributed by atoms with Crippen LogP contribution in [0.1, 0.15) is 47.8 Å². The van der Waals surface area contributed by atoms with Gasteiger partial charge in [0.1, 0.15) is 6.04 Å². The van der Waals surface area contributed by atoms with Crippen LogP contribution in [0.4, 0.5) is 17.1 Å². The molecule has 0 spiro atoms. The number of carbonyl (C=O) groups excluding carboxylic acids is 1. The maximum absolute atomic E-state index is 13.7. The van der Waals surface area contributed by atoms with E-state index in [4.69, 9.17) is 9.73 Å². The summed E-state index contributed by atoms with van der Waals surface area (Å²) in [6.45, 7) is 13.6. The van der Waals surface area contributed by atoms with E-state index in [2.05, 4.69) is 73.1 Å². The molecule has 1 unspecified atom stereocenters. The number of carbonyl (C=O) groups is 1. The zero-order chi connectivity index (χ0) is 36.5. The number of guanidine groups is 1. The third-order valence-corrected chi connectivity index (χ3v) is 9.94. The minimum absolute atomic E-state index is 0.0751. The number of hydrazine groups is 2. The predicted octanol–water partition coefficient (Wildman–Crippen LogP) is 4.08. The van der Waals surface area contributed by atoms with Gasteiger partial charge in [-0.1, -0.05) is 57.2 Å². The van der Waals surface area contributed by atoms with Crippen LogP contribution in [0.15, 0.2) is 77.6 Å². The molecule has 272 valence electrons. The molecule has 0 aromatic heterocycles. The summed E-state index contributed by atoms with van der Waals surface area (Å²) in [5, 5.41) is 4.83. The smallest absolute Gasteiger partial charge is 0.255 e. The molecule has 0 radical (unpaired) electrons. The number of ether oxygens (including phenoxy) is 1. The second kappa shape index (κ2) is 14.4. The molecule has 1 fully saturated rings. The van der Waals surface area contributed by atoms with Crippen LogP contribution in [0.2, 0.25) is 0 Å². The van der Waals surface area contributed by atoms with E-state index in [9.17, 15) is 13.2 Å². The number of nitrogens with zero attached hydrogens (tertiary/aromatic N) is 5. The van der Waals surface area contributed by atoms with Gasteiger partial charge in [0, 0.05) is 58.1 Å². The molecule has 3 aliphatic heterocycles. The predicted molar refractivity (Wildman–Crippen MR) is 203 cm³/mol. The van der Waals surface area contributed by atoms with E-state index in [0.29, 0.717) is 11.3 Å². The fourth-order valence-corrected chi connectivity index (χ4v) is 7.09. The molecule has 14 heteroatoms. The maximum atomic E-state index is 13.7. The van der Waals surface area contributed by atoms with E-state index in [1.165, 1.54) is 12.7 Å². The summed E-state index contributed by atoms with van der Waals surface area (Å²) >= 11 is 0. The monoisotopic (exact) mass is 715 g/mol. The Morgan fingerprint density at radius 3 is 2.39 bits per heavy atom. The number of anilines is 3. The first kappa shape index (κ1) is 36.0. The molecular weight excluding hydrogens is 667 g/mol. The number of amides is 1. The van der Waals surface area contributed by atoms with Gasteiger partial charge in [-0.2, -0.15) is 0 Å². The van der Waals surface area contributed by atoms with Crippen molar-refractivity contribution in [2.24, 2.45) is 4.99 Å². The highest BCUT2D eigenvalue weighted by atomic mass is 32.2. The van der Waals surface area contributed by atoms with Gasteiger partial charge in [0.05, 0.1) is 36.1 Å². The van der Waals surface area contributed by atoms with E-state index in [0.717, 1.165) is 74.0 Å². The number of sulfonamides is 1. The fraction of sp³-hybridized carbons (Fsp3) is 0.405. The number of piperazine rings is 1. The molecule has 3 aromatic rings. The number of rotatable bonds is 9. The van der Waals surface area contributed by atoms with Crippen molar-refractivity contribution in [2.75, 3.05) is 68.2 Å². The molecule has 3 heterocycles. The summed E-state index contributed by atoms with van der Waals surface area (Å²) in [5.74, 6) is 0.872. The number of hydrogen-bond acceptors (Lipinski definition) is 11. The maximum Gasteiger partial charge on any atom is 0.255 e. The highest BCUT2D eigenvalue weighted by Gasteiger charge is 2.33. The van der Waals surface area contributed by atoms with E-state index in [1.54, 1.807) is 12.1 Å². The van der Waals surface area contributed by atoms with Gasteiger partial charge in [0.2, 0.25) is 10.0 Å². The molecule has 0 saturated carbocycles. The number of hydrogen-bond donors (Lipinski definition) is 4. The summed E-state index contributed by atoms with van der Waals surface area (Å²) < 4.78 is 32.5. The third-order valence-electron chi connectivity index (χ3n) is 9.35. The number of aryl methyl sites for hydroxylation is 1. The van der Waals surface area contributed by atoms with Crippen molar-refractivity contribution in [2.45, 2.75) is 45.7 Å². The van der Waals surface area contributed by atoms with Crippen LogP contribution in [-0.4, -0.2) is 94.2 Å². The van der Waals surface area contributed by atoms with Gasteiger partial charge in [-0.05, 0) is 53.3 Å². The Bertz CT molecular complexity index is 1930. The molecule has 0 aliphatic carbocycles. The van der Waals surface area contributed by atoms with Crippen LogP contribution in [-0.2, 0) is 22.0 Å². The summed E-state index contributed by atoms with van der Waals surface area (Å²) in [4.78, 5) is 25.9. The highest BCUT2D eigenvalue weighted by Crippen LogP contribution is 2.39. The molecule has 0 bridgehead atoms. The van der Waals surface area contributed by atoms with Crippen molar-refractivity contribution in [3.05, 3.63) is 94.8 Å². The van der Waals surface area contributed by atoms with Crippen LogP contribution in [0.3, 0.4) is 0 Å². The van der Waals surface area contributed by atoms with Gasteiger partial charge in [0.15, 0.2) is 11.7 Å². The first-order valence-electron chi connectivity index (χ1n) is 17.1. The molecule has 1 saturated heterocycles. The van der Waals surface area contributed by atoms with Gasteiger partial charge < -0.3 is 25.3 Å². The van der Waals surface area contributed by atoms with E-state index >= 15 is 0 Å². The van der Waals surface area contributed by atoms with Crippen LogP contribution in [0.5, 0.6) is 5.75 Å². The minimum atomic E-state index is -3.61. The van der Waals surface area contributed by atoms with Crippen molar-refractivity contribution in [3.63, 3.8) is 0 Å². The zero-order valence-electron chi connectivity index (χ0n) is 30.4. The van der Waals surface area contributed by atoms with Crippen LogP contribution in [0.25, 0.3) is 0 Å². The topological polar surface area (TPSA) is 134 Å². The molecule has 6 rings (SSSR count). The number of likely N-dealkylation sites (N-methyl/N-ethyl adjacent to an activating group) is 1. The Balaban J connectivity index is 1.16. The zero-order valence-corrected chi connectivity index (χ0v) is 31.3. The Morgan fingerprint density at radius 2 is 1.73 bits per heavy atom. The largest absolute Gasteiger partial charge is 0.492 e. The minimum Gasteiger partial charge on any atom is -0.492 e. The summed E-state index contributed by atoms with van der Waals surface area (Å²) in [6, 6.07) is 19.6. The van der Waals surface area contributed by atoms with Crippen molar-refractivity contribution < 1.29 is 17.9 Å². The quantitative estimate of drug-likeness (QED) is 0.257. The Kier molecular flexibility index (Phi) is 10.2. The number of nitrogens with one attached hydrogen (secondary N) is 4. The van der Waals surface area contributed by atoms with Crippen LogP contribution in [0, 0.1) is 6.92 Å². The first-order valence-corrected chi connectivity index (χ1v) is 19.0. The van der Waals surface area contributed by atoms with E-state index < -0.39 is 10.0 Å². The molecular formula is C37H49N9O4S. The lowest BCUT2D eigenvalue weighted by Gasteiger charge is -2.37. The number of aliphatic imine (C=N–C) groups is 1.